The Labute approximate surface area is 126 Å². The van der Waals surface area contributed by atoms with Crippen LogP contribution < -0.4 is 4.72 Å². The molecular weight excluding hydrogens is 282 g/mol. The van der Waals surface area contributed by atoms with Gasteiger partial charge in [-0.3, -0.25) is 0 Å². The van der Waals surface area contributed by atoms with Crippen LogP contribution in [0.3, 0.4) is 0 Å². The molecule has 0 unspecified atom stereocenters. The second-order valence-corrected chi connectivity index (χ2v) is 6.84. The Bertz CT molecular complexity index is 719. The van der Waals surface area contributed by atoms with E-state index < -0.39 is 16.1 Å². The van der Waals surface area contributed by atoms with Gasteiger partial charge in [-0.05, 0) is 31.5 Å². The SMILES string of the molecule is C=C(C)[C@H](NS(=O)(=O)c1ccc(C)cc1)c1ccccc1. The van der Waals surface area contributed by atoms with Crippen LogP contribution in [0.15, 0.2) is 71.6 Å². The molecule has 2 aromatic rings. The van der Waals surface area contributed by atoms with Gasteiger partial charge in [0.05, 0.1) is 10.9 Å². The van der Waals surface area contributed by atoms with Gasteiger partial charge < -0.3 is 0 Å². The van der Waals surface area contributed by atoms with Crippen molar-refractivity contribution in [2.75, 3.05) is 0 Å². The van der Waals surface area contributed by atoms with E-state index in [4.69, 9.17) is 0 Å². The van der Waals surface area contributed by atoms with Crippen LogP contribution in [-0.2, 0) is 10.0 Å². The average Bonchev–Trinajstić information content (AvgIpc) is 2.46. The molecule has 110 valence electrons. The molecule has 4 heteroatoms. The third kappa shape index (κ3) is 3.80. The molecule has 0 heterocycles. The zero-order valence-corrected chi connectivity index (χ0v) is 13.0. The fourth-order valence-electron chi connectivity index (χ4n) is 2.04. The molecule has 0 aliphatic heterocycles. The first-order chi connectivity index (χ1) is 9.90. The highest BCUT2D eigenvalue weighted by Gasteiger charge is 2.21. The maximum atomic E-state index is 12.5. The Hall–Kier alpha value is -1.91. The molecule has 2 aromatic carbocycles. The molecule has 0 amide bonds. The monoisotopic (exact) mass is 301 g/mol. The predicted octanol–water partition coefficient (Wildman–Crippen LogP) is 3.59. The Kier molecular flexibility index (Phi) is 4.60. The minimum atomic E-state index is -3.58. The molecule has 0 fully saturated rings. The van der Waals surface area contributed by atoms with Crippen molar-refractivity contribution in [3.05, 3.63) is 77.9 Å². The number of hydrogen-bond acceptors (Lipinski definition) is 2. The van der Waals surface area contributed by atoms with E-state index in [1.165, 1.54) is 0 Å². The summed E-state index contributed by atoms with van der Waals surface area (Å²) in [5, 5.41) is 0. The Balaban J connectivity index is 2.32. The van der Waals surface area contributed by atoms with E-state index in [1.807, 2.05) is 44.2 Å². The molecular formula is C17H19NO2S. The zero-order valence-electron chi connectivity index (χ0n) is 12.2. The molecule has 0 spiro atoms. The van der Waals surface area contributed by atoms with Gasteiger partial charge in [-0.2, -0.15) is 4.72 Å². The Morgan fingerprint density at radius 3 is 2.14 bits per heavy atom. The Morgan fingerprint density at radius 1 is 1.05 bits per heavy atom. The van der Waals surface area contributed by atoms with Gasteiger partial charge in [-0.1, -0.05) is 60.2 Å². The largest absolute Gasteiger partial charge is 0.241 e. The molecule has 0 bridgehead atoms. The first-order valence-electron chi connectivity index (χ1n) is 6.69. The summed E-state index contributed by atoms with van der Waals surface area (Å²) in [7, 11) is -3.58. The zero-order chi connectivity index (χ0) is 15.5. The molecule has 2 rings (SSSR count). The highest BCUT2D eigenvalue weighted by atomic mass is 32.2. The summed E-state index contributed by atoms with van der Waals surface area (Å²) in [5.74, 6) is 0. The first kappa shape index (κ1) is 15.5. The summed E-state index contributed by atoms with van der Waals surface area (Å²) in [6.07, 6.45) is 0. The van der Waals surface area contributed by atoms with Crippen molar-refractivity contribution in [2.45, 2.75) is 24.8 Å². The number of aryl methyl sites for hydroxylation is 1. The van der Waals surface area contributed by atoms with Crippen LogP contribution >= 0.6 is 0 Å². The highest BCUT2D eigenvalue weighted by molar-refractivity contribution is 7.89. The average molecular weight is 301 g/mol. The van der Waals surface area contributed by atoms with Crippen LogP contribution in [0.4, 0.5) is 0 Å². The van der Waals surface area contributed by atoms with Crippen molar-refractivity contribution in [1.29, 1.82) is 0 Å². The van der Waals surface area contributed by atoms with Gasteiger partial charge in [-0.25, -0.2) is 8.42 Å². The highest BCUT2D eigenvalue weighted by Crippen LogP contribution is 2.23. The topological polar surface area (TPSA) is 46.2 Å². The van der Waals surface area contributed by atoms with Crippen molar-refractivity contribution >= 4 is 10.0 Å². The lowest BCUT2D eigenvalue weighted by atomic mass is 10.0. The minimum absolute atomic E-state index is 0.260. The van der Waals surface area contributed by atoms with Gasteiger partial charge in [0.2, 0.25) is 10.0 Å². The quantitative estimate of drug-likeness (QED) is 0.858. The van der Waals surface area contributed by atoms with Gasteiger partial charge >= 0.3 is 0 Å². The van der Waals surface area contributed by atoms with E-state index in [1.54, 1.807) is 24.3 Å². The van der Waals surface area contributed by atoms with E-state index in [-0.39, 0.29) is 4.90 Å². The molecule has 1 N–H and O–H groups in total. The fraction of sp³-hybridized carbons (Fsp3) is 0.176. The second kappa shape index (κ2) is 6.24. The van der Waals surface area contributed by atoms with Gasteiger partial charge in [0.1, 0.15) is 0 Å². The van der Waals surface area contributed by atoms with Crippen molar-refractivity contribution in [3.63, 3.8) is 0 Å². The van der Waals surface area contributed by atoms with Gasteiger partial charge in [0.25, 0.3) is 0 Å². The fourth-order valence-corrected chi connectivity index (χ4v) is 3.32. The smallest absolute Gasteiger partial charge is 0.207 e. The van der Waals surface area contributed by atoms with Crippen LogP contribution in [0.2, 0.25) is 0 Å². The van der Waals surface area contributed by atoms with Crippen molar-refractivity contribution in [1.82, 2.24) is 4.72 Å². The van der Waals surface area contributed by atoms with Crippen molar-refractivity contribution in [2.24, 2.45) is 0 Å². The van der Waals surface area contributed by atoms with Crippen LogP contribution in [0.25, 0.3) is 0 Å². The van der Waals surface area contributed by atoms with Gasteiger partial charge in [0.15, 0.2) is 0 Å². The van der Waals surface area contributed by atoms with Crippen molar-refractivity contribution in [3.8, 4) is 0 Å². The van der Waals surface area contributed by atoms with E-state index in [2.05, 4.69) is 11.3 Å². The van der Waals surface area contributed by atoms with Gasteiger partial charge in [0, 0.05) is 0 Å². The maximum absolute atomic E-state index is 12.5. The lowest BCUT2D eigenvalue weighted by molar-refractivity contribution is 0.571. The summed E-state index contributed by atoms with van der Waals surface area (Å²) in [5.41, 5.74) is 2.64. The minimum Gasteiger partial charge on any atom is -0.207 e. The molecule has 3 nitrogen and oxygen atoms in total. The molecule has 0 aliphatic rings. The molecule has 21 heavy (non-hydrogen) atoms. The molecule has 0 saturated carbocycles. The summed E-state index contributed by atoms with van der Waals surface area (Å²) in [6.45, 7) is 7.63. The number of hydrogen-bond donors (Lipinski definition) is 1. The van der Waals surface area contributed by atoms with E-state index in [0.717, 1.165) is 16.7 Å². The van der Waals surface area contributed by atoms with Crippen LogP contribution in [0, 0.1) is 6.92 Å². The second-order valence-electron chi connectivity index (χ2n) is 5.12. The third-order valence-corrected chi connectivity index (χ3v) is 4.67. The summed E-state index contributed by atoms with van der Waals surface area (Å²) in [4.78, 5) is 0.260. The van der Waals surface area contributed by atoms with Crippen molar-refractivity contribution < 1.29 is 8.42 Å². The molecule has 0 radical (unpaired) electrons. The lowest BCUT2D eigenvalue weighted by Crippen LogP contribution is -2.29. The molecule has 0 aromatic heterocycles. The van der Waals surface area contributed by atoms with E-state index in [9.17, 15) is 8.42 Å². The number of benzene rings is 2. The summed E-state index contributed by atoms with van der Waals surface area (Å²) < 4.78 is 27.7. The van der Waals surface area contributed by atoms with Crippen LogP contribution in [-0.4, -0.2) is 8.42 Å². The number of nitrogens with one attached hydrogen (secondary N) is 1. The molecule has 1 atom stereocenters. The number of rotatable bonds is 5. The van der Waals surface area contributed by atoms with E-state index >= 15 is 0 Å². The third-order valence-electron chi connectivity index (χ3n) is 3.23. The lowest BCUT2D eigenvalue weighted by Gasteiger charge is -2.19. The van der Waals surface area contributed by atoms with Crippen LogP contribution in [0.5, 0.6) is 0 Å². The number of sulfonamides is 1. The van der Waals surface area contributed by atoms with Crippen LogP contribution in [0.1, 0.15) is 24.1 Å². The molecule has 0 saturated heterocycles. The summed E-state index contributed by atoms with van der Waals surface area (Å²) in [6, 6.07) is 15.8. The standard InChI is InChI=1S/C17H19NO2S/c1-13(2)17(15-7-5-4-6-8-15)18-21(19,20)16-11-9-14(3)10-12-16/h4-12,17-18H,1H2,2-3H3/t17-/m0/s1. The van der Waals surface area contributed by atoms with Gasteiger partial charge in [-0.15, -0.1) is 0 Å². The van der Waals surface area contributed by atoms with E-state index in [0.29, 0.717) is 0 Å². The molecule has 0 aliphatic carbocycles. The predicted molar refractivity (Wildman–Crippen MR) is 85.5 cm³/mol. The Morgan fingerprint density at radius 2 is 1.62 bits per heavy atom. The normalized spacial score (nSPS) is 12.9. The maximum Gasteiger partial charge on any atom is 0.241 e. The summed E-state index contributed by atoms with van der Waals surface area (Å²) >= 11 is 0. The first-order valence-corrected chi connectivity index (χ1v) is 8.18.